The Morgan fingerprint density at radius 3 is 2.84 bits per heavy atom. The number of fused-ring (bicyclic) bond motifs is 1. The molecule has 3 heterocycles. The average Bonchev–Trinajstić information content (AvgIpc) is 2.76. The lowest BCUT2D eigenvalue weighted by atomic mass is 10.0. The standard InChI is InChI=1S/C21H25N5O4S/c22-21-20-17(24-31(28,29)25-21)5-3-6-18(20)30-14-16-4-1-2-13-26(16)19(27)8-7-15-9-11-23-12-10-15/h3,5-6,9-12,16,24H,1-2,4,7-8,13-14H2,(H2,22,25). The third kappa shape index (κ3) is 4.96. The number of hydrogen-bond acceptors (Lipinski definition) is 6. The van der Waals surface area contributed by atoms with Crippen molar-refractivity contribution in [3.63, 3.8) is 0 Å². The first-order valence-corrected chi connectivity index (χ1v) is 11.7. The van der Waals surface area contributed by atoms with Crippen LogP contribution in [0.2, 0.25) is 0 Å². The van der Waals surface area contributed by atoms with Crippen molar-refractivity contribution in [1.29, 1.82) is 0 Å². The predicted molar refractivity (Wildman–Crippen MR) is 117 cm³/mol. The summed E-state index contributed by atoms with van der Waals surface area (Å²) in [5, 5.41) is 0. The molecule has 1 unspecified atom stereocenters. The Morgan fingerprint density at radius 1 is 1.23 bits per heavy atom. The Bertz CT molecular complexity index is 1090. The van der Waals surface area contributed by atoms with Gasteiger partial charge in [-0.25, -0.2) is 0 Å². The number of anilines is 1. The molecule has 1 aromatic heterocycles. The lowest BCUT2D eigenvalue weighted by Gasteiger charge is -2.36. The number of aryl methyl sites for hydroxylation is 1. The molecule has 9 nitrogen and oxygen atoms in total. The lowest BCUT2D eigenvalue weighted by molar-refractivity contribution is -0.135. The molecule has 1 amide bonds. The lowest BCUT2D eigenvalue weighted by Crippen LogP contribution is -2.46. The van der Waals surface area contributed by atoms with Crippen LogP contribution in [0.3, 0.4) is 0 Å². The molecule has 2 aliphatic rings. The van der Waals surface area contributed by atoms with Crippen LogP contribution >= 0.6 is 0 Å². The van der Waals surface area contributed by atoms with Crippen LogP contribution in [0.4, 0.5) is 5.69 Å². The van der Waals surface area contributed by atoms with Crippen molar-refractivity contribution in [3.8, 4) is 5.75 Å². The molecule has 1 atom stereocenters. The van der Waals surface area contributed by atoms with E-state index in [0.717, 1.165) is 24.8 Å². The number of nitrogens with two attached hydrogens (primary N) is 1. The van der Waals surface area contributed by atoms with Crippen molar-refractivity contribution in [2.24, 2.45) is 10.1 Å². The van der Waals surface area contributed by atoms with Crippen molar-refractivity contribution in [3.05, 3.63) is 53.9 Å². The second kappa shape index (κ2) is 8.93. The first-order chi connectivity index (χ1) is 14.9. The fourth-order valence-corrected chi connectivity index (χ4v) is 4.81. The zero-order chi connectivity index (χ0) is 21.8. The first kappa shape index (κ1) is 21.1. The summed E-state index contributed by atoms with van der Waals surface area (Å²) in [7, 11) is -3.85. The highest BCUT2D eigenvalue weighted by Crippen LogP contribution is 2.31. The smallest absolute Gasteiger partial charge is 0.344 e. The molecule has 164 valence electrons. The molecule has 0 spiro atoms. The predicted octanol–water partition coefficient (Wildman–Crippen LogP) is 1.85. The van der Waals surface area contributed by atoms with Gasteiger partial charge in [-0.05, 0) is 55.5 Å². The molecule has 0 radical (unpaired) electrons. The molecule has 3 N–H and O–H groups in total. The van der Waals surface area contributed by atoms with E-state index in [1.807, 2.05) is 17.0 Å². The number of aromatic nitrogens is 1. The van der Waals surface area contributed by atoms with Gasteiger partial charge < -0.3 is 15.4 Å². The Hall–Kier alpha value is -3.14. The van der Waals surface area contributed by atoms with E-state index in [1.54, 1.807) is 30.6 Å². The van der Waals surface area contributed by atoms with Crippen LogP contribution in [-0.2, 0) is 21.4 Å². The van der Waals surface area contributed by atoms with Crippen LogP contribution in [0.1, 0.15) is 36.8 Å². The van der Waals surface area contributed by atoms with Gasteiger partial charge >= 0.3 is 10.2 Å². The fraction of sp³-hybridized carbons (Fsp3) is 0.381. The minimum atomic E-state index is -3.85. The normalized spacial score (nSPS) is 19.7. The van der Waals surface area contributed by atoms with Crippen LogP contribution in [-0.4, -0.2) is 49.2 Å². The number of nitrogens with zero attached hydrogens (tertiary/aromatic N) is 3. The van der Waals surface area contributed by atoms with Crippen LogP contribution in [0.15, 0.2) is 47.1 Å². The van der Waals surface area contributed by atoms with E-state index < -0.39 is 10.2 Å². The number of ether oxygens (including phenoxy) is 1. The SMILES string of the molecule is NC1=NS(=O)(=O)Nc2cccc(OCC3CCCCN3C(=O)CCc3ccncc3)c21. The molecule has 31 heavy (non-hydrogen) atoms. The Kier molecular flexibility index (Phi) is 6.08. The molecule has 2 aliphatic heterocycles. The minimum Gasteiger partial charge on any atom is -0.491 e. The number of carbonyl (C=O) groups excluding carboxylic acids is 1. The van der Waals surface area contributed by atoms with E-state index >= 15 is 0 Å². The molecule has 4 rings (SSSR count). The third-order valence-corrected chi connectivity index (χ3v) is 6.41. The van der Waals surface area contributed by atoms with Gasteiger partial charge in [0.2, 0.25) is 5.91 Å². The molecule has 1 aromatic carbocycles. The van der Waals surface area contributed by atoms with E-state index in [4.69, 9.17) is 10.5 Å². The molecule has 0 saturated carbocycles. The van der Waals surface area contributed by atoms with Gasteiger partial charge in [0, 0.05) is 25.4 Å². The zero-order valence-electron chi connectivity index (χ0n) is 17.0. The quantitative estimate of drug-likeness (QED) is 0.701. The number of hydrogen-bond donors (Lipinski definition) is 2. The third-order valence-electron chi connectivity index (χ3n) is 5.50. The number of benzene rings is 1. The molecular formula is C21H25N5O4S. The highest BCUT2D eigenvalue weighted by Gasteiger charge is 2.29. The molecule has 2 aromatic rings. The summed E-state index contributed by atoms with van der Waals surface area (Å²) in [6.45, 7) is 1.01. The number of piperidine rings is 1. The molecule has 1 saturated heterocycles. The summed E-state index contributed by atoms with van der Waals surface area (Å²) >= 11 is 0. The van der Waals surface area contributed by atoms with Crippen LogP contribution in [0.5, 0.6) is 5.75 Å². The second-order valence-electron chi connectivity index (χ2n) is 7.64. The van der Waals surface area contributed by atoms with Gasteiger partial charge in [0.25, 0.3) is 0 Å². The van der Waals surface area contributed by atoms with E-state index in [-0.39, 0.29) is 17.8 Å². The van der Waals surface area contributed by atoms with Crippen LogP contribution < -0.4 is 15.2 Å². The van der Waals surface area contributed by atoms with Crippen molar-refractivity contribution < 1.29 is 17.9 Å². The van der Waals surface area contributed by atoms with Gasteiger partial charge in [-0.2, -0.15) is 8.42 Å². The first-order valence-electron chi connectivity index (χ1n) is 10.3. The molecular weight excluding hydrogens is 418 g/mol. The summed E-state index contributed by atoms with van der Waals surface area (Å²) in [4.78, 5) is 18.8. The maximum absolute atomic E-state index is 12.9. The number of likely N-dealkylation sites (tertiary alicyclic amines) is 1. The van der Waals surface area contributed by atoms with Gasteiger partial charge in [-0.15, -0.1) is 4.40 Å². The van der Waals surface area contributed by atoms with Crippen LogP contribution in [0.25, 0.3) is 0 Å². The summed E-state index contributed by atoms with van der Waals surface area (Å²) < 4.78 is 35.4. The maximum Gasteiger partial charge on any atom is 0.344 e. The van der Waals surface area contributed by atoms with E-state index in [2.05, 4.69) is 14.1 Å². The van der Waals surface area contributed by atoms with E-state index in [0.29, 0.717) is 43.0 Å². The van der Waals surface area contributed by atoms with E-state index in [9.17, 15) is 13.2 Å². The van der Waals surface area contributed by atoms with Gasteiger partial charge in [0.1, 0.15) is 12.4 Å². The Balaban J connectivity index is 1.43. The molecule has 0 bridgehead atoms. The zero-order valence-corrected chi connectivity index (χ0v) is 17.8. The number of amides is 1. The number of carbonyl (C=O) groups is 1. The largest absolute Gasteiger partial charge is 0.491 e. The summed E-state index contributed by atoms with van der Waals surface area (Å²) in [5.74, 6) is 0.434. The fourth-order valence-electron chi connectivity index (χ4n) is 3.97. The van der Waals surface area contributed by atoms with Crippen LogP contribution in [0, 0.1) is 0 Å². The highest BCUT2D eigenvalue weighted by atomic mass is 32.2. The molecule has 10 heteroatoms. The number of amidine groups is 1. The monoisotopic (exact) mass is 443 g/mol. The van der Waals surface area contributed by atoms with Crippen molar-refractivity contribution >= 4 is 27.6 Å². The summed E-state index contributed by atoms with van der Waals surface area (Å²) in [6.07, 6.45) is 7.41. The molecule has 1 fully saturated rings. The van der Waals surface area contributed by atoms with Gasteiger partial charge in [0.15, 0.2) is 5.84 Å². The van der Waals surface area contributed by atoms with Crippen molar-refractivity contribution in [2.45, 2.75) is 38.1 Å². The average molecular weight is 444 g/mol. The number of nitrogens with one attached hydrogen (secondary N) is 1. The van der Waals surface area contributed by atoms with Gasteiger partial charge in [-0.1, -0.05) is 6.07 Å². The highest BCUT2D eigenvalue weighted by molar-refractivity contribution is 7.91. The summed E-state index contributed by atoms with van der Waals surface area (Å²) in [6, 6.07) is 8.81. The van der Waals surface area contributed by atoms with Crippen molar-refractivity contribution in [2.75, 3.05) is 17.9 Å². The second-order valence-corrected chi connectivity index (χ2v) is 8.97. The number of rotatable bonds is 6. The molecule has 0 aliphatic carbocycles. The van der Waals surface area contributed by atoms with Gasteiger partial charge in [0.05, 0.1) is 17.3 Å². The van der Waals surface area contributed by atoms with Crippen molar-refractivity contribution in [1.82, 2.24) is 9.88 Å². The Morgan fingerprint density at radius 2 is 2.03 bits per heavy atom. The number of pyridine rings is 1. The topological polar surface area (TPSA) is 127 Å². The van der Waals surface area contributed by atoms with E-state index in [1.165, 1.54) is 0 Å². The summed E-state index contributed by atoms with van der Waals surface area (Å²) in [5.41, 5.74) is 7.72. The minimum absolute atomic E-state index is 0.0482. The maximum atomic E-state index is 12.9. The van der Waals surface area contributed by atoms with Gasteiger partial charge in [-0.3, -0.25) is 14.5 Å². The Labute approximate surface area is 181 Å².